The minimum Gasteiger partial charge on any atom is -0.352 e. The van der Waals surface area contributed by atoms with Crippen molar-refractivity contribution in [3.8, 4) is 0 Å². The van der Waals surface area contributed by atoms with Gasteiger partial charge in [-0.2, -0.15) is 0 Å². The normalized spacial score (nSPS) is 28.6. The first-order chi connectivity index (χ1) is 7.32. The van der Waals surface area contributed by atoms with Gasteiger partial charge in [0.1, 0.15) is 0 Å². The fourth-order valence-corrected chi connectivity index (χ4v) is 2.77. The summed E-state index contributed by atoms with van der Waals surface area (Å²) in [6.07, 6.45) is 4.92. The third-order valence-corrected chi connectivity index (χ3v) is 3.98. The SMILES string of the molecule is CC(Br)C(=O)NC1CCCCC1C(C)(C)C. The van der Waals surface area contributed by atoms with Crippen molar-refractivity contribution in [2.24, 2.45) is 11.3 Å². The first kappa shape index (κ1) is 14.0. The lowest BCUT2D eigenvalue weighted by Gasteiger charge is -2.41. The Balaban J connectivity index is 2.64. The van der Waals surface area contributed by atoms with E-state index in [9.17, 15) is 4.79 Å². The molecule has 94 valence electrons. The average molecular weight is 290 g/mol. The van der Waals surface area contributed by atoms with Crippen LogP contribution in [0.5, 0.6) is 0 Å². The van der Waals surface area contributed by atoms with Gasteiger partial charge in [0.2, 0.25) is 5.91 Å². The van der Waals surface area contributed by atoms with Gasteiger partial charge in [-0.05, 0) is 31.1 Å². The van der Waals surface area contributed by atoms with Crippen LogP contribution in [0.2, 0.25) is 0 Å². The summed E-state index contributed by atoms with van der Waals surface area (Å²) in [5, 5.41) is 3.19. The Morgan fingerprint density at radius 2 is 1.88 bits per heavy atom. The third kappa shape index (κ3) is 3.76. The van der Waals surface area contributed by atoms with Gasteiger partial charge in [-0.1, -0.05) is 49.5 Å². The molecule has 0 saturated heterocycles. The molecule has 1 aliphatic rings. The topological polar surface area (TPSA) is 29.1 Å². The van der Waals surface area contributed by atoms with Crippen molar-refractivity contribution in [3.63, 3.8) is 0 Å². The molecule has 0 heterocycles. The molecule has 1 aliphatic carbocycles. The van der Waals surface area contributed by atoms with Crippen LogP contribution in [0.15, 0.2) is 0 Å². The molecule has 0 radical (unpaired) electrons. The minimum absolute atomic E-state index is 0.0879. The molecule has 2 nitrogen and oxygen atoms in total. The number of hydrogen-bond acceptors (Lipinski definition) is 1. The molecule has 0 aromatic heterocycles. The summed E-state index contributed by atoms with van der Waals surface area (Å²) in [4.78, 5) is 11.6. The maximum absolute atomic E-state index is 11.7. The number of carbonyl (C=O) groups is 1. The number of hydrogen-bond donors (Lipinski definition) is 1. The molecule has 0 bridgehead atoms. The van der Waals surface area contributed by atoms with E-state index in [0.717, 1.165) is 6.42 Å². The Bertz CT molecular complexity index is 245. The van der Waals surface area contributed by atoms with Crippen LogP contribution in [-0.2, 0) is 4.79 Å². The van der Waals surface area contributed by atoms with Crippen molar-refractivity contribution < 1.29 is 4.79 Å². The lowest BCUT2D eigenvalue weighted by Crippen LogP contribution is -2.48. The van der Waals surface area contributed by atoms with Crippen LogP contribution in [0.25, 0.3) is 0 Å². The number of halogens is 1. The summed E-state index contributed by atoms with van der Waals surface area (Å²) < 4.78 is 0. The molecule has 16 heavy (non-hydrogen) atoms. The van der Waals surface area contributed by atoms with Crippen molar-refractivity contribution in [2.75, 3.05) is 0 Å². The molecule has 1 fully saturated rings. The summed E-state index contributed by atoms with van der Waals surface area (Å²) >= 11 is 3.32. The quantitative estimate of drug-likeness (QED) is 0.775. The molecule has 0 aromatic rings. The van der Waals surface area contributed by atoms with Crippen LogP contribution >= 0.6 is 15.9 Å². The Kier molecular flexibility index (Phi) is 4.84. The largest absolute Gasteiger partial charge is 0.352 e. The first-order valence-electron chi connectivity index (χ1n) is 6.27. The van der Waals surface area contributed by atoms with Gasteiger partial charge in [-0.25, -0.2) is 0 Å². The Hall–Kier alpha value is -0.0500. The number of nitrogens with one attached hydrogen (secondary N) is 1. The molecule has 0 aromatic carbocycles. The monoisotopic (exact) mass is 289 g/mol. The fraction of sp³-hybridized carbons (Fsp3) is 0.923. The molecule has 0 aliphatic heterocycles. The number of amides is 1. The van der Waals surface area contributed by atoms with Crippen LogP contribution < -0.4 is 5.32 Å². The second kappa shape index (κ2) is 5.52. The zero-order chi connectivity index (χ0) is 12.3. The summed E-state index contributed by atoms with van der Waals surface area (Å²) in [5.41, 5.74) is 0.286. The van der Waals surface area contributed by atoms with Crippen LogP contribution in [0.3, 0.4) is 0 Å². The van der Waals surface area contributed by atoms with E-state index in [1.165, 1.54) is 19.3 Å². The van der Waals surface area contributed by atoms with Gasteiger partial charge < -0.3 is 5.32 Å². The van der Waals surface area contributed by atoms with Crippen molar-refractivity contribution >= 4 is 21.8 Å². The predicted molar refractivity (Wildman–Crippen MR) is 71.7 cm³/mol. The van der Waals surface area contributed by atoms with Gasteiger partial charge in [-0.15, -0.1) is 0 Å². The molecular weight excluding hydrogens is 266 g/mol. The molecule has 3 unspecified atom stereocenters. The van der Waals surface area contributed by atoms with E-state index >= 15 is 0 Å². The van der Waals surface area contributed by atoms with Gasteiger partial charge >= 0.3 is 0 Å². The second-order valence-electron chi connectivity index (χ2n) is 5.99. The Morgan fingerprint density at radius 3 is 2.38 bits per heavy atom. The van der Waals surface area contributed by atoms with Crippen LogP contribution in [0.4, 0.5) is 0 Å². The van der Waals surface area contributed by atoms with Gasteiger partial charge in [-0.3, -0.25) is 4.79 Å². The molecular formula is C13H24BrNO. The van der Waals surface area contributed by atoms with E-state index in [2.05, 4.69) is 42.0 Å². The van der Waals surface area contributed by atoms with Gasteiger partial charge in [0.15, 0.2) is 0 Å². The van der Waals surface area contributed by atoms with Gasteiger partial charge in [0.05, 0.1) is 4.83 Å². The highest BCUT2D eigenvalue weighted by Gasteiger charge is 2.35. The minimum atomic E-state index is -0.0879. The fourth-order valence-electron chi connectivity index (χ4n) is 2.64. The Morgan fingerprint density at radius 1 is 1.31 bits per heavy atom. The number of carbonyl (C=O) groups excluding carboxylic acids is 1. The highest BCUT2D eigenvalue weighted by molar-refractivity contribution is 9.10. The molecule has 1 rings (SSSR count). The van der Waals surface area contributed by atoms with E-state index in [0.29, 0.717) is 12.0 Å². The summed E-state index contributed by atoms with van der Waals surface area (Å²) in [7, 11) is 0. The summed E-state index contributed by atoms with van der Waals surface area (Å²) in [6, 6.07) is 0.362. The van der Waals surface area contributed by atoms with E-state index in [-0.39, 0.29) is 16.1 Å². The first-order valence-corrected chi connectivity index (χ1v) is 7.18. The van der Waals surface area contributed by atoms with Crippen LogP contribution in [0.1, 0.15) is 53.4 Å². The van der Waals surface area contributed by atoms with Crippen LogP contribution in [-0.4, -0.2) is 16.8 Å². The van der Waals surface area contributed by atoms with Crippen LogP contribution in [0, 0.1) is 11.3 Å². The number of alkyl halides is 1. The maximum atomic E-state index is 11.7. The molecule has 3 atom stereocenters. The van der Waals surface area contributed by atoms with Crippen molar-refractivity contribution in [2.45, 2.75) is 64.2 Å². The second-order valence-corrected chi connectivity index (χ2v) is 7.36. The summed E-state index contributed by atoms with van der Waals surface area (Å²) in [6.45, 7) is 8.71. The standard InChI is InChI=1S/C13H24BrNO/c1-9(14)12(16)15-11-8-6-5-7-10(11)13(2,3)4/h9-11H,5-8H2,1-4H3,(H,15,16). The van der Waals surface area contributed by atoms with Crippen molar-refractivity contribution in [3.05, 3.63) is 0 Å². The van der Waals surface area contributed by atoms with Crippen molar-refractivity contribution in [1.29, 1.82) is 0 Å². The predicted octanol–water partition coefficient (Wildman–Crippen LogP) is 3.49. The lowest BCUT2D eigenvalue weighted by atomic mass is 9.69. The van der Waals surface area contributed by atoms with Crippen molar-refractivity contribution in [1.82, 2.24) is 5.32 Å². The summed E-state index contributed by atoms with van der Waals surface area (Å²) in [5.74, 6) is 0.734. The smallest absolute Gasteiger partial charge is 0.233 e. The zero-order valence-corrected chi connectivity index (χ0v) is 12.4. The Labute approximate surface area is 108 Å². The van der Waals surface area contributed by atoms with Gasteiger partial charge in [0.25, 0.3) is 0 Å². The number of rotatable bonds is 2. The van der Waals surface area contributed by atoms with E-state index in [4.69, 9.17) is 0 Å². The highest BCUT2D eigenvalue weighted by atomic mass is 79.9. The highest BCUT2D eigenvalue weighted by Crippen LogP contribution is 2.38. The van der Waals surface area contributed by atoms with E-state index < -0.39 is 0 Å². The maximum Gasteiger partial charge on any atom is 0.233 e. The molecule has 1 amide bonds. The molecule has 0 spiro atoms. The van der Waals surface area contributed by atoms with Gasteiger partial charge in [0, 0.05) is 6.04 Å². The zero-order valence-electron chi connectivity index (χ0n) is 10.8. The lowest BCUT2D eigenvalue weighted by molar-refractivity contribution is -0.121. The van der Waals surface area contributed by atoms with E-state index in [1.807, 2.05) is 6.92 Å². The molecule has 1 N–H and O–H groups in total. The van der Waals surface area contributed by atoms with E-state index in [1.54, 1.807) is 0 Å². The molecule has 1 saturated carbocycles. The average Bonchev–Trinajstić information content (AvgIpc) is 2.16. The third-order valence-electron chi connectivity index (χ3n) is 3.57. The molecule has 3 heteroatoms.